The van der Waals surface area contributed by atoms with E-state index in [4.69, 9.17) is 4.74 Å². The van der Waals surface area contributed by atoms with Crippen LogP contribution in [0.4, 0.5) is 0 Å². The van der Waals surface area contributed by atoms with E-state index in [-0.39, 0.29) is 5.91 Å². The number of amides is 1. The predicted molar refractivity (Wildman–Crippen MR) is 60.3 cm³/mol. The quantitative estimate of drug-likeness (QED) is 0.750. The van der Waals surface area contributed by atoms with E-state index in [2.05, 4.69) is 10.3 Å². The molecule has 4 nitrogen and oxygen atoms in total. The number of rotatable bonds is 6. The van der Waals surface area contributed by atoms with E-state index in [0.29, 0.717) is 13.2 Å². The van der Waals surface area contributed by atoms with Crippen LogP contribution in [0, 0.1) is 0 Å². The minimum Gasteiger partial charge on any atom is -0.385 e. The summed E-state index contributed by atoms with van der Waals surface area (Å²) in [6, 6.07) is 0. The van der Waals surface area contributed by atoms with Gasteiger partial charge in [0.05, 0.1) is 11.2 Å². The van der Waals surface area contributed by atoms with Gasteiger partial charge in [-0.3, -0.25) is 4.79 Å². The Morgan fingerprint density at radius 3 is 3.13 bits per heavy atom. The first-order valence-corrected chi connectivity index (χ1v) is 5.87. The molecule has 1 aromatic heterocycles. The van der Waals surface area contributed by atoms with Gasteiger partial charge < -0.3 is 10.1 Å². The lowest BCUT2D eigenvalue weighted by Gasteiger charge is -2.03. The number of ether oxygens (including phenoxy) is 1. The highest BCUT2D eigenvalue weighted by Gasteiger charge is 2.12. The normalized spacial score (nSPS) is 10.3. The second kappa shape index (κ2) is 6.53. The molecule has 1 rings (SSSR count). The molecule has 0 unspecified atom stereocenters. The summed E-state index contributed by atoms with van der Waals surface area (Å²) in [6.07, 6.45) is 1.63. The Hall–Kier alpha value is -0.940. The fraction of sp³-hybridized carbons (Fsp3) is 0.600. The average molecular weight is 228 g/mol. The third-order valence-corrected chi connectivity index (χ3v) is 2.86. The van der Waals surface area contributed by atoms with Crippen LogP contribution in [0.5, 0.6) is 0 Å². The van der Waals surface area contributed by atoms with Gasteiger partial charge in [-0.15, -0.1) is 11.3 Å². The van der Waals surface area contributed by atoms with E-state index in [1.54, 1.807) is 12.6 Å². The van der Waals surface area contributed by atoms with Crippen LogP contribution in [-0.2, 0) is 11.2 Å². The number of nitrogens with one attached hydrogen (secondary N) is 1. The number of methoxy groups -OCH3 is 1. The zero-order valence-corrected chi connectivity index (χ0v) is 9.89. The molecular formula is C10H16N2O2S. The summed E-state index contributed by atoms with van der Waals surface area (Å²) < 4.78 is 4.90. The highest BCUT2D eigenvalue weighted by molar-refractivity contribution is 7.11. The number of aromatic nitrogens is 1. The zero-order chi connectivity index (χ0) is 11.1. The number of hydrogen-bond donors (Lipinski definition) is 1. The van der Waals surface area contributed by atoms with Crippen molar-refractivity contribution >= 4 is 17.2 Å². The smallest absolute Gasteiger partial charge is 0.263 e. The number of hydrogen-bond acceptors (Lipinski definition) is 4. The van der Waals surface area contributed by atoms with Crippen LogP contribution < -0.4 is 5.32 Å². The van der Waals surface area contributed by atoms with E-state index in [9.17, 15) is 4.79 Å². The van der Waals surface area contributed by atoms with Crippen molar-refractivity contribution in [1.29, 1.82) is 0 Å². The number of thiazole rings is 1. The highest BCUT2D eigenvalue weighted by Crippen LogP contribution is 2.13. The Kier molecular flexibility index (Phi) is 5.28. The Labute approximate surface area is 93.7 Å². The lowest BCUT2D eigenvalue weighted by molar-refractivity contribution is 0.0951. The van der Waals surface area contributed by atoms with Crippen molar-refractivity contribution < 1.29 is 9.53 Å². The standard InChI is InChI=1S/C10H16N2O2S/c1-3-8-9(15-7-12-8)10(13)11-5-4-6-14-2/h7H,3-6H2,1-2H3,(H,11,13). The van der Waals surface area contributed by atoms with E-state index >= 15 is 0 Å². The van der Waals surface area contributed by atoms with Crippen LogP contribution in [0.1, 0.15) is 28.7 Å². The molecule has 1 N–H and O–H groups in total. The maximum absolute atomic E-state index is 11.7. The monoisotopic (exact) mass is 228 g/mol. The molecular weight excluding hydrogens is 212 g/mol. The van der Waals surface area contributed by atoms with Crippen molar-refractivity contribution in [2.75, 3.05) is 20.3 Å². The summed E-state index contributed by atoms with van der Waals surface area (Å²) in [5, 5.41) is 2.85. The molecule has 0 radical (unpaired) electrons. The first-order valence-electron chi connectivity index (χ1n) is 4.99. The minimum absolute atomic E-state index is 0.0227. The summed E-state index contributed by atoms with van der Waals surface area (Å²) in [4.78, 5) is 16.5. The second-order valence-electron chi connectivity index (χ2n) is 3.08. The van der Waals surface area contributed by atoms with E-state index in [0.717, 1.165) is 23.4 Å². The van der Waals surface area contributed by atoms with Crippen molar-refractivity contribution in [3.63, 3.8) is 0 Å². The Morgan fingerprint density at radius 1 is 1.67 bits per heavy atom. The first kappa shape index (κ1) is 12.1. The number of carbonyl (C=O) groups excluding carboxylic acids is 1. The number of aryl methyl sites for hydroxylation is 1. The summed E-state index contributed by atoms with van der Waals surface area (Å²) in [5.74, 6) is -0.0227. The van der Waals surface area contributed by atoms with Gasteiger partial charge in [-0.2, -0.15) is 0 Å². The predicted octanol–water partition coefficient (Wildman–Crippen LogP) is 1.47. The molecule has 0 aliphatic rings. The van der Waals surface area contributed by atoms with Gasteiger partial charge in [0.2, 0.25) is 0 Å². The molecule has 0 aliphatic carbocycles. The maximum Gasteiger partial charge on any atom is 0.263 e. The van der Waals surface area contributed by atoms with Gasteiger partial charge in [-0.25, -0.2) is 4.98 Å². The van der Waals surface area contributed by atoms with Gasteiger partial charge >= 0.3 is 0 Å². The first-order chi connectivity index (χ1) is 7.29. The Morgan fingerprint density at radius 2 is 2.47 bits per heavy atom. The lowest BCUT2D eigenvalue weighted by atomic mass is 10.3. The average Bonchev–Trinajstić information content (AvgIpc) is 2.72. The van der Waals surface area contributed by atoms with Gasteiger partial charge in [0.15, 0.2) is 0 Å². The third kappa shape index (κ3) is 3.60. The van der Waals surface area contributed by atoms with Gasteiger partial charge in [0.25, 0.3) is 5.91 Å². The summed E-state index contributed by atoms with van der Waals surface area (Å²) in [5.41, 5.74) is 2.59. The number of nitrogens with zero attached hydrogens (tertiary/aromatic N) is 1. The van der Waals surface area contributed by atoms with Crippen LogP contribution >= 0.6 is 11.3 Å². The molecule has 0 atom stereocenters. The summed E-state index contributed by atoms with van der Waals surface area (Å²) >= 11 is 1.39. The second-order valence-corrected chi connectivity index (χ2v) is 3.94. The fourth-order valence-electron chi connectivity index (χ4n) is 1.20. The summed E-state index contributed by atoms with van der Waals surface area (Å²) in [7, 11) is 1.65. The molecule has 0 aromatic carbocycles. The van der Waals surface area contributed by atoms with Crippen molar-refractivity contribution in [3.8, 4) is 0 Å². The van der Waals surface area contributed by atoms with E-state index < -0.39 is 0 Å². The molecule has 5 heteroatoms. The largest absolute Gasteiger partial charge is 0.385 e. The maximum atomic E-state index is 11.7. The van der Waals surface area contributed by atoms with Crippen molar-refractivity contribution in [1.82, 2.24) is 10.3 Å². The lowest BCUT2D eigenvalue weighted by Crippen LogP contribution is -2.25. The molecule has 1 heterocycles. The van der Waals surface area contributed by atoms with Crippen LogP contribution in [0.15, 0.2) is 5.51 Å². The van der Waals surface area contributed by atoms with Crippen molar-refractivity contribution in [3.05, 3.63) is 16.1 Å². The molecule has 1 amide bonds. The third-order valence-electron chi connectivity index (χ3n) is 1.99. The Balaban J connectivity index is 2.40. The van der Waals surface area contributed by atoms with Crippen LogP contribution in [0.25, 0.3) is 0 Å². The SMILES string of the molecule is CCc1ncsc1C(=O)NCCCOC. The Bertz CT molecular complexity index is 312. The van der Waals surface area contributed by atoms with Crippen LogP contribution in [-0.4, -0.2) is 31.2 Å². The highest BCUT2D eigenvalue weighted by atomic mass is 32.1. The van der Waals surface area contributed by atoms with Gasteiger partial charge in [0, 0.05) is 20.3 Å². The van der Waals surface area contributed by atoms with Crippen LogP contribution in [0.2, 0.25) is 0 Å². The molecule has 0 fully saturated rings. The van der Waals surface area contributed by atoms with Crippen molar-refractivity contribution in [2.24, 2.45) is 0 Å². The topological polar surface area (TPSA) is 51.2 Å². The molecule has 0 spiro atoms. The van der Waals surface area contributed by atoms with Crippen molar-refractivity contribution in [2.45, 2.75) is 19.8 Å². The molecule has 84 valence electrons. The molecule has 0 bridgehead atoms. The van der Waals surface area contributed by atoms with E-state index in [1.807, 2.05) is 6.92 Å². The summed E-state index contributed by atoms with van der Waals surface area (Å²) in [6.45, 7) is 3.31. The van der Waals surface area contributed by atoms with Crippen LogP contribution in [0.3, 0.4) is 0 Å². The van der Waals surface area contributed by atoms with Gasteiger partial charge in [-0.1, -0.05) is 6.92 Å². The number of carbonyl (C=O) groups is 1. The fourth-order valence-corrected chi connectivity index (χ4v) is 2.00. The molecule has 1 aromatic rings. The molecule has 0 saturated heterocycles. The van der Waals surface area contributed by atoms with E-state index in [1.165, 1.54) is 11.3 Å². The molecule has 0 saturated carbocycles. The molecule has 0 aliphatic heterocycles. The zero-order valence-electron chi connectivity index (χ0n) is 9.08. The minimum atomic E-state index is -0.0227. The van der Waals surface area contributed by atoms with Gasteiger partial charge in [0.1, 0.15) is 4.88 Å². The molecule has 15 heavy (non-hydrogen) atoms. The van der Waals surface area contributed by atoms with Gasteiger partial charge in [-0.05, 0) is 12.8 Å².